The van der Waals surface area contributed by atoms with E-state index >= 15 is 0 Å². The van der Waals surface area contributed by atoms with Crippen molar-refractivity contribution in [3.05, 3.63) is 59.8 Å². The van der Waals surface area contributed by atoms with Crippen molar-refractivity contribution in [1.29, 1.82) is 0 Å². The first-order valence-electron chi connectivity index (χ1n) is 14.3. The van der Waals surface area contributed by atoms with Crippen molar-refractivity contribution in [1.82, 2.24) is 24.5 Å². The number of ketones is 1. The molecular weight excluding hydrogens is 506 g/mol. The highest BCUT2D eigenvalue weighted by atomic mass is 16.5. The Labute approximate surface area is 235 Å². The number of anilines is 2. The zero-order valence-corrected chi connectivity index (χ0v) is 23.4. The molecule has 2 atom stereocenters. The molecule has 2 aliphatic rings. The van der Waals surface area contributed by atoms with E-state index in [0.717, 1.165) is 54.6 Å². The molecule has 2 aromatic heterocycles. The summed E-state index contributed by atoms with van der Waals surface area (Å²) in [6.45, 7) is 10.4. The molecule has 0 saturated carbocycles. The predicted octanol–water partition coefficient (Wildman–Crippen LogP) is 4.13. The number of hydrogen-bond acceptors (Lipinski definition) is 8. The standard InChI is InChI=1S/C30H39N7O3/c1-4-27(39)36-13-6-5-12-25(36)26(38)16-21-9-7-10-22(15-21)17-31-30-35-29(33-23-11-8-14-40-19-23)34-28-24(20(2)3)18-32-37(28)30/h4,7,9-10,15,18,20,23,25H,1,5-6,8,11-14,16-17,19H2,2-3H3,(H2,31,33,34,35)/t23-,25?/m0/s1. The first-order chi connectivity index (χ1) is 19.4. The first kappa shape index (κ1) is 27.8. The molecule has 212 valence electrons. The van der Waals surface area contributed by atoms with Gasteiger partial charge in [0.2, 0.25) is 17.8 Å². The van der Waals surface area contributed by atoms with Crippen molar-refractivity contribution in [2.24, 2.45) is 0 Å². The van der Waals surface area contributed by atoms with Crippen molar-refractivity contribution in [3.63, 3.8) is 0 Å². The number of fused-ring (bicyclic) bond motifs is 1. The Bertz CT molecular complexity index is 1360. The molecule has 10 heteroatoms. The molecule has 1 unspecified atom stereocenters. The summed E-state index contributed by atoms with van der Waals surface area (Å²) in [6.07, 6.45) is 8.03. The number of nitrogens with zero attached hydrogens (tertiary/aromatic N) is 5. The number of benzene rings is 1. The summed E-state index contributed by atoms with van der Waals surface area (Å²) in [5.41, 5.74) is 3.78. The van der Waals surface area contributed by atoms with E-state index in [0.29, 0.717) is 38.0 Å². The highest BCUT2D eigenvalue weighted by molar-refractivity contribution is 5.94. The number of likely N-dealkylation sites (tertiary alicyclic amines) is 1. The molecule has 2 saturated heterocycles. The van der Waals surface area contributed by atoms with Crippen molar-refractivity contribution in [2.45, 2.75) is 76.9 Å². The van der Waals surface area contributed by atoms with E-state index < -0.39 is 0 Å². The number of amides is 1. The van der Waals surface area contributed by atoms with E-state index in [2.05, 4.69) is 36.2 Å². The molecule has 2 fully saturated rings. The van der Waals surface area contributed by atoms with E-state index in [1.165, 1.54) is 6.08 Å². The third kappa shape index (κ3) is 6.33. The van der Waals surface area contributed by atoms with Gasteiger partial charge in [-0.25, -0.2) is 0 Å². The summed E-state index contributed by atoms with van der Waals surface area (Å²) >= 11 is 0. The lowest BCUT2D eigenvalue weighted by Gasteiger charge is -2.34. The molecule has 4 heterocycles. The lowest BCUT2D eigenvalue weighted by Crippen LogP contribution is -2.47. The Morgan fingerprint density at radius 2 is 2.02 bits per heavy atom. The first-order valence-corrected chi connectivity index (χ1v) is 14.3. The molecule has 10 nitrogen and oxygen atoms in total. The molecule has 40 heavy (non-hydrogen) atoms. The van der Waals surface area contributed by atoms with E-state index in [9.17, 15) is 9.59 Å². The molecule has 0 spiro atoms. The van der Waals surface area contributed by atoms with Crippen LogP contribution in [0.1, 0.15) is 68.6 Å². The van der Waals surface area contributed by atoms with Crippen LogP contribution in [0.3, 0.4) is 0 Å². The fourth-order valence-corrected chi connectivity index (χ4v) is 5.51. The fourth-order valence-electron chi connectivity index (χ4n) is 5.51. The maximum atomic E-state index is 13.2. The summed E-state index contributed by atoms with van der Waals surface area (Å²) < 4.78 is 7.38. The van der Waals surface area contributed by atoms with E-state index in [1.54, 1.807) is 9.42 Å². The van der Waals surface area contributed by atoms with E-state index in [1.807, 2.05) is 30.5 Å². The molecule has 3 aromatic rings. The summed E-state index contributed by atoms with van der Waals surface area (Å²) in [4.78, 5) is 36.7. The van der Waals surface area contributed by atoms with Crippen molar-refractivity contribution in [2.75, 3.05) is 30.4 Å². The minimum atomic E-state index is -0.384. The van der Waals surface area contributed by atoms with Gasteiger partial charge >= 0.3 is 0 Å². The second-order valence-electron chi connectivity index (χ2n) is 11.0. The van der Waals surface area contributed by atoms with Gasteiger partial charge in [0.25, 0.3) is 0 Å². The lowest BCUT2D eigenvalue weighted by molar-refractivity contribution is -0.137. The zero-order chi connectivity index (χ0) is 28.1. The van der Waals surface area contributed by atoms with E-state index in [-0.39, 0.29) is 36.1 Å². The molecule has 2 aliphatic heterocycles. The summed E-state index contributed by atoms with van der Waals surface area (Å²) in [7, 11) is 0. The maximum Gasteiger partial charge on any atom is 0.246 e. The number of nitrogens with one attached hydrogen (secondary N) is 2. The minimum absolute atomic E-state index is 0.0673. The fraction of sp³-hybridized carbons (Fsp3) is 0.500. The van der Waals surface area contributed by atoms with E-state index in [4.69, 9.17) is 14.7 Å². The lowest BCUT2D eigenvalue weighted by atomic mass is 9.94. The van der Waals surface area contributed by atoms with Crippen LogP contribution in [0.5, 0.6) is 0 Å². The summed E-state index contributed by atoms with van der Waals surface area (Å²) in [5, 5.41) is 11.5. The van der Waals surface area contributed by atoms with Crippen molar-refractivity contribution in [3.8, 4) is 0 Å². The van der Waals surface area contributed by atoms with Gasteiger partial charge in [-0.05, 0) is 55.2 Å². The molecular formula is C30H39N7O3. The number of rotatable bonds is 10. The van der Waals surface area contributed by atoms with Crippen LogP contribution in [0.4, 0.5) is 11.9 Å². The Balaban J connectivity index is 1.31. The Morgan fingerprint density at radius 3 is 2.80 bits per heavy atom. The topological polar surface area (TPSA) is 114 Å². The number of piperidine rings is 1. The second kappa shape index (κ2) is 12.6. The Kier molecular flexibility index (Phi) is 8.74. The molecule has 1 aromatic carbocycles. The SMILES string of the molecule is C=CC(=O)N1CCCCC1C(=O)Cc1cccc(CNc2nc(N[C@H]3CCCOC3)nc3c(C(C)C)cnn23)c1. The smallest absolute Gasteiger partial charge is 0.246 e. The van der Waals surface area contributed by atoms with Crippen LogP contribution >= 0.6 is 0 Å². The average Bonchev–Trinajstić information content (AvgIpc) is 3.41. The second-order valence-corrected chi connectivity index (χ2v) is 11.0. The minimum Gasteiger partial charge on any atom is -0.379 e. The molecule has 0 radical (unpaired) electrons. The number of Topliss-reactive ketones (excluding diaryl/α,β-unsaturated/α-hetero) is 1. The van der Waals surface area contributed by atoms with Gasteiger partial charge in [-0.3, -0.25) is 9.59 Å². The highest BCUT2D eigenvalue weighted by Gasteiger charge is 2.30. The van der Waals surface area contributed by atoms with Gasteiger partial charge in [0.05, 0.1) is 24.9 Å². The molecule has 2 N–H and O–H groups in total. The monoisotopic (exact) mass is 545 g/mol. The van der Waals surface area contributed by atoms with Gasteiger partial charge < -0.3 is 20.3 Å². The zero-order valence-electron chi connectivity index (χ0n) is 23.4. The van der Waals surface area contributed by atoms with Gasteiger partial charge in [0, 0.05) is 31.7 Å². The van der Waals surface area contributed by atoms with Crippen LogP contribution in [-0.2, 0) is 27.3 Å². The molecule has 5 rings (SSSR count). The summed E-state index contributed by atoms with van der Waals surface area (Å²) in [5.74, 6) is 1.31. The van der Waals surface area contributed by atoms with Crippen LogP contribution in [0.2, 0.25) is 0 Å². The number of ether oxygens (including phenoxy) is 1. The third-order valence-electron chi connectivity index (χ3n) is 7.66. The average molecular weight is 546 g/mol. The normalized spacial score (nSPS) is 19.5. The van der Waals surface area contributed by atoms with Crippen LogP contribution in [0.15, 0.2) is 43.1 Å². The van der Waals surface area contributed by atoms with Gasteiger partial charge in [0.1, 0.15) is 0 Å². The number of carbonyl (C=O) groups excluding carboxylic acids is 2. The largest absolute Gasteiger partial charge is 0.379 e. The van der Waals surface area contributed by atoms with Crippen LogP contribution in [0, 0.1) is 0 Å². The Morgan fingerprint density at radius 1 is 1.18 bits per heavy atom. The quantitative estimate of drug-likeness (QED) is 0.366. The number of carbonyl (C=O) groups is 2. The summed E-state index contributed by atoms with van der Waals surface area (Å²) in [6, 6.07) is 7.77. The van der Waals surface area contributed by atoms with Gasteiger partial charge in [-0.15, -0.1) is 0 Å². The number of aromatic nitrogens is 4. The maximum absolute atomic E-state index is 13.2. The number of hydrogen-bond donors (Lipinski definition) is 2. The third-order valence-corrected chi connectivity index (χ3v) is 7.66. The van der Waals surface area contributed by atoms with Gasteiger partial charge in [-0.2, -0.15) is 19.6 Å². The van der Waals surface area contributed by atoms with Crippen molar-refractivity contribution >= 4 is 29.2 Å². The van der Waals surface area contributed by atoms with Crippen LogP contribution < -0.4 is 10.6 Å². The molecule has 1 amide bonds. The molecule has 0 aliphatic carbocycles. The van der Waals surface area contributed by atoms with Crippen LogP contribution in [0.25, 0.3) is 5.65 Å². The van der Waals surface area contributed by atoms with Crippen LogP contribution in [-0.4, -0.2) is 68.0 Å². The van der Waals surface area contributed by atoms with Gasteiger partial charge in [-0.1, -0.05) is 44.7 Å². The highest BCUT2D eigenvalue weighted by Crippen LogP contribution is 2.24. The predicted molar refractivity (Wildman–Crippen MR) is 154 cm³/mol. The van der Waals surface area contributed by atoms with Gasteiger partial charge in [0.15, 0.2) is 11.4 Å². The molecule has 0 bridgehead atoms. The Hall–Kier alpha value is -3.79. The van der Waals surface area contributed by atoms with Crippen molar-refractivity contribution < 1.29 is 14.3 Å².